The summed E-state index contributed by atoms with van der Waals surface area (Å²) in [6, 6.07) is 0. The van der Waals surface area contributed by atoms with Crippen molar-refractivity contribution in [1.82, 2.24) is 0 Å². The molecule has 106 valence electrons. The topological polar surface area (TPSA) is 54.0 Å². The third-order valence-electron chi connectivity index (χ3n) is 2.56. The molecule has 0 aromatic heterocycles. The second-order valence-electron chi connectivity index (χ2n) is 4.01. The number of rotatable bonds is 8. The Kier molecular flexibility index (Phi) is 7.12. The molecule has 1 atom stereocenters. The van der Waals surface area contributed by atoms with Gasteiger partial charge in [0.25, 0.3) is 0 Å². The zero-order valence-corrected chi connectivity index (χ0v) is 12.1. The molecule has 1 saturated heterocycles. The third kappa shape index (κ3) is 4.82. The smallest absolute Gasteiger partial charge is 0.353 e. The molecule has 0 aromatic rings. The lowest BCUT2D eigenvalue weighted by atomic mass is 10.2. The molecule has 1 aliphatic heterocycles. The van der Waals surface area contributed by atoms with Gasteiger partial charge in [0.15, 0.2) is 6.29 Å². The monoisotopic (exact) mass is 278 g/mol. The summed E-state index contributed by atoms with van der Waals surface area (Å²) in [6.45, 7) is 8.78. The highest BCUT2D eigenvalue weighted by Gasteiger charge is 2.29. The maximum Gasteiger partial charge on any atom is 0.359 e. The fourth-order valence-electron chi connectivity index (χ4n) is 1.67. The minimum atomic E-state index is -3.25. The van der Waals surface area contributed by atoms with Gasteiger partial charge in [0.2, 0.25) is 0 Å². The van der Waals surface area contributed by atoms with Gasteiger partial charge in [-0.1, -0.05) is 6.58 Å². The van der Waals surface area contributed by atoms with Gasteiger partial charge in [-0.15, -0.1) is 0 Å². The van der Waals surface area contributed by atoms with E-state index in [0.717, 1.165) is 19.3 Å². The molecule has 0 saturated carbocycles. The molecule has 0 aliphatic carbocycles. The predicted octanol–water partition coefficient (Wildman–Crippen LogP) is 3.31. The largest absolute Gasteiger partial charge is 0.359 e. The van der Waals surface area contributed by atoms with Crippen molar-refractivity contribution in [1.29, 1.82) is 0 Å². The van der Waals surface area contributed by atoms with Crippen LogP contribution in [0.5, 0.6) is 0 Å². The molecule has 1 rings (SSSR count). The van der Waals surface area contributed by atoms with Crippen molar-refractivity contribution in [2.75, 3.05) is 26.4 Å². The molecule has 18 heavy (non-hydrogen) atoms. The third-order valence-corrected chi connectivity index (χ3v) is 4.66. The Labute approximate surface area is 109 Å². The van der Waals surface area contributed by atoms with E-state index in [1.807, 2.05) is 0 Å². The van der Waals surface area contributed by atoms with Crippen molar-refractivity contribution in [2.24, 2.45) is 0 Å². The summed E-state index contributed by atoms with van der Waals surface area (Å²) in [5.41, 5.74) is 0. The van der Waals surface area contributed by atoms with Crippen molar-refractivity contribution in [3.05, 3.63) is 11.9 Å². The minimum Gasteiger partial charge on any atom is -0.353 e. The van der Waals surface area contributed by atoms with Crippen molar-refractivity contribution >= 4 is 7.60 Å². The zero-order chi connectivity index (χ0) is 13.4. The molecule has 0 N–H and O–H groups in total. The number of hydrogen-bond acceptors (Lipinski definition) is 5. The molecule has 1 fully saturated rings. The highest BCUT2D eigenvalue weighted by molar-refractivity contribution is 7.58. The van der Waals surface area contributed by atoms with E-state index in [-0.39, 0.29) is 12.9 Å². The summed E-state index contributed by atoms with van der Waals surface area (Å²) in [6.07, 6.45) is 2.79. The molecule has 5 nitrogen and oxygen atoms in total. The summed E-state index contributed by atoms with van der Waals surface area (Å²) < 4.78 is 33.6. The van der Waals surface area contributed by atoms with Crippen LogP contribution in [0.15, 0.2) is 11.9 Å². The summed E-state index contributed by atoms with van der Waals surface area (Å²) in [4.78, 5) is 0. The van der Waals surface area contributed by atoms with Gasteiger partial charge in [0.05, 0.1) is 25.1 Å². The summed E-state index contributed by atoms with van der Waals surface area (Å²) >= 11 is 0. The van der Waals surface area contributed by atoms with E-state index in [1.54, 1.807) is 13.8 Å². The molecule has 1 aliphatic rings. The molecular weight excluding hydrogens is 255 g/mol. The van der Waals surface area contributed by atoms with Gasteiger partial charge in [0.1, 0.15) is 0 Å². The average Bonchev–Trinajstić information content (AvgIpc) is 2.37. The Balaban J connectivity index is 2.43. The van der Waals surface area contributed by atoms with Crippen molar-refractivity contribution in [3.63, 3.8) is 0 Å². The van der Waals surface area contributed by atoms with Gasteiger partial charge < -0.3 is 18.5 Å². The summed E-state index contributed by atoms with van der Waals surface area (Å²) in [5, 5.41) is 0.348. The van der Waals surface area contributed by atoms with Crippen LogP contribution in [0.25, 0.3) is 0 Å². The summed E-state index contributed by atoms with van der Waals surface area (Å²) in [5.74, 6) is 0. The van der Waals surface area contributed by atoms with E-state index < -0.39 is 7.60 Å². The first kappa shape index (κ1) is 15.9. The Morgan fingerprint density at radius 3 is 2.50 bits per heavy atom. The van der Waals surface area contributed by atoms with Gasteiger partial charge in [-0.25, -0.2) is 0 Å². The maximum atomic E-state index is 12.3. The van der Waals surface area contributed by atoms with Crippen LogP contribution in [0.4, 0.5) is 0 Å². The van der Waals surface area contributed by atoms with E-state index in [9.17, 15) is 4.57 Å². The highest BCUT2D eigenvalue weighted by Crippen LogP contribution is 2.55. The standard InChI is InChI=1S/C12H23O5P/c1-4-16-18(13,17-5-2)11(3)10-15-12-8-6-7-9-14-12/h12H,3-10H2,1-2H3. The lowest BCUT2D eigenvalue weighted by Crippen LogP contribution is -2.23. The van der Waals surface area contributed by atoms with Crippen LogP contribution in [-0.4, -0.2) is 32.7 Å². The highest BCUT2D eigenvalue weighted by atomic mass is 31.2. The Morgan fingerprint density at radius 2 is 2.00 bits per heavy atom. The van der Waals surface area contributed by atoms with E-state index in [4.69, 9.17) is 18.5 Å². The van der Waals surface area contributed by atoms with E-state index in [0.29, 0.717) is 25.1 Å². The lowest BCUT2D eigenvalue weighted by molar-refractivity contribution is -0.156. The predicted molar refractivity (Wildman–Crippen MR) is 69.5 cm³/mol. The van der Waals surface area contributed by atoms with E-state index >= 15 is 0 Å². The molecular formula is C12H23O5P. The molecule has 1 heterocycles. The zero-order valence-electron chi connectivity index (χ0n) is 11.2. The van der Waals surface area contributed by atoms with Crippen LogP contribution in [0.1, 0.15) is 33.1 Å². The van der Waals surface area contributed by atoms with E-state index in [1.165, 1.54) is 0 Å². The lowest BCUT2D eigenvalue weighted by Gasteiger charge is -2.24. The van der Waals surface area contributed by atoms with Crippen molar-refractivity contribution < 1.29 is 23.1 Å². The molecule has 1 unspecified atom stereocenters. The molecule has 0 amide bonds. The van der Waals surface area contributed by atoms with Gasteiger partial charge in [-0.2, -0.15) is 0 Å². The second kappa shape index (κ2) is 8.08. The molecule has 0 aromatic carbocycles. The van der Waals surface area contributed by atoms with Crippen LogP contribution >= 0.6 is 7.60 Å². The first-order valence-electron chi connectivity index (χ1n) is 6.43. The van der Waals surface area contributed by atoms with Crippen LogP contribution in [0, 0.1) is 0 Å². The normalized spacial score (nSPS) is 20.9. The van der Waals surface area contributed by atoms with Crippen molar-refractivity contribution in [3.8, 4) is 0 Å². The Morgan fingerprint density at radius 1 is 1.33 bits per heavy atom. The SMILES string of the molecule is C=C(COC1CCCCO1)P(=O)(OCC)OCC. The van der Waals surface area contributed by atoms with Crippen LogP contribution in [0.2, 0.25) is 0 Å². The van der Waals surface area contributed by atoms with Gasteiger partial charge in [-0.05, 0) is 33.1 Å². The Hall–Kier alpha value is -0.190. The summed E-state index contributed by atoms with van der Waals surface area (Å²) in [7, 11) is -3.25. The van der Waals surface area contributed by atoms with Crippen LogP contribution in [0.3, 0.4) is 0 Å². The first-order valence-corrected chi connectivity index (χ1v) is 7.97. The molecule has 0 bridgehead atoms. The number of hydrogen-bond donors (Lipinski definition) is 0. The van der Waals surface area contributed by atoms with Gasteiger partial charge >= 0.3 is 7.60 Å². The quantitative estimate of drug-likeness (QED) is 0.637. The molecule has 6 heteroatoms. The maximum absolute atomic E-state index is 12.3. The van der Waals surface area contributed by atoms with Crippen LogP contribution in [-0.2, 0) is 23.1 Å². The fraction of sp³-hybridized carbons (Fsp3) is 0.833. The van der Waals surface area contributed by atoms with Gasteiger partial charge in [-0.3, -0.25) is 4.57 Å². The minimum absolute atomic E-state index is 0.141. The fourth-order valence-corrected chi connectivity index (χ4v) is 3.02. The molecule has 0 spiro atoms. The Bertz CT molecular complexity index is 289. The van der Waals surface area contributed by atoms with Crippen molar-refractivity contribution in [2.45, 2.75) is 39.4 Å². The van der Waals surface area contributed by atoms with E-state index in [2.05, 4.69) is 6.58 Å². The first-order chi connectivity index (χ1) is 8.62. The number of ether oxygens (including phenoxy) is 2. The average molecular weight is 278 g/mol. The second-order valence-corrected chi connectivity index (χ2v) is 6.15. The van der Waals surface area contributed by atoms with Crippen LogP contribution < -0.4 is 0 Å². The van der Waals surface area contributed by atoms with Gasteiger partial charge in [0, 0.05) is 6.61 Å². The molecule has 0 radical (unpaired) electrons.